The summed E-state index contributed by atoms with van der Waals surface area (Å²) in [5, 5.41) is 8.62. The molecular weight excluding hydrogens is 388 g/mol. The van der Waals surface area contributed by atoms with Crippen molar-refractivity contribution in [1.29, 1.82) is 0 Å². The van der Waals surface area contributed by atoms with Crippen LogP contribution in [-0.2, 0) is 21.7 Å². The van der Waals surface area contributed by atoms with Gasteiger partial charge < -0.3 is 9.30 Å². The van der Waals surface area contributed by atoms with E-state index in [1.807, 2.05) is 48.1 Å². The highest BCUT2D eigenvalue weighted by Gasteiger charge is 2.28. The van der Waals surface area contributed by atoms with Crippen LogP contribution in [0.3, 0.4) is 0 Å². The number of esters is 1. The maximum Gasteiger partial charge on any atom is 0.315 e. The Kier molecular flexibility index (Phi) is 6.98. The Hall–Kier alpha value is -2.89. The van der Waals surface area contributed by atoms with Crippen LogP contribution >= 0.6 is 0 Å². The maximum absolute atomic E-state index is 12.5. The van der Waals surface area contributed by atoms with E-state index in [9.17, 15) is 4.79 Å². The monoisotopic (exact) mass is 422 g/mol. The van der Waals surface area contributed by atoms with E-state index in [1.165, 1.54) is 5.56 Å². The summed E-state index contributed by atoms with van der Waals surface area (Å²) in [4.78, 5) is 12.5. The molecule has 3 rings (SSSR count). The SMILES string of the molecule is CC(CC(C)(C)n1cc([C@H](C)C(=O)OCc2ccccc2)nn1)c1ccn(C(C)C)c1. The number of ether oxygens (including phenoxy) is 1. The second-order valence-electron chi connectivity index (χ2n) is 9.31. The minimum Gasteiger partial charge on any atom is -0.460 e. The van der Waals surface area contributed by atoms with Gasteiger partial charge in [0.2, 0.25) is 0 Å². The van der Waals surface area contributed by atoms with Crippen LogP contribution in [0.5, 0.6) is 0 Å². The summed E-state index contributed by atoms with van der Waals surface area (Å²) in [6.45, 7) is 13.0. The first kappa shape index (κ1) is 22.8. The first-order chi connectivity index (χ1) is 14.7. The first-order valence-electron chi connectivity index (χ1n) is 11.0. The molecule has 31 heavy (non-hydrogen) atoms. The van der Waals surface area contributed by atoms with Crippen LogP contribution in [0.2, 0.25) is 0 Å². The molecule has 0 N–H and O–H groups in total. The molecule has 1 unspecified atom stereocenters. The molecular formula is C25H34N4O2. The summed E-state index contributed by atoms with van der Waals surface area (Å²) in [6, 6.07) is 12.3. The average molecular weight is 423 g/mol. The molecule has 0 bridgehead atoms. The predicted octanol–water partition coefficient (Wildman–Crippen LogP) is 5.44. The van der Waals surface area contributed by atoms with E-state index in [-0.39, 0.29) is 18.1 Å². The van der Waals surface area contributed by atoms with Gasteiger partial charge in [-0.25, -0.2) is 4.68 Å². The van der Waals surface area contributed by atoms with E-state index in [0.717, 1.165) is 12.0 Å². The van der Waals surface area contributed by atoms with Crippen molar-refractivity contribution in [2.24, 2.45) is 0 Å². The minimum absolute atomic E-state index is 0.238. The predicted molar refractivity (Wildman–Crippen MR) is 122 cm³/mol. The number of rotatable bonds is 9. The Morgan fingerprint density at radius 3 is 2.42 bits per heavy atom. The van der Waals surface area contributed by atoms with Gasteiger partial charge in [0.15, 0.2) is 0 Å². The number of aromatic nitrogens is 4. The Morgan fingerprint density at radius 2 is 1.77 bits per heavy atom. The van der Waals surface area contributed by atoms with E-state index in [1.54, 1.807) is 0 Å². The molecule has 2 heterocycles. The van der Waals surface area contributed by atoms with Gasteiger partial charge in [0.1, 0.15) is 6.61 Å². The molecule has 0 fully saturated rings. The van der Waals surface area contributed by atoms with Crippen molar-refractivity contribution in [1.82, 2.24) is 19.6 Å². The van der Waals surface area contributed by atoms with Crippen LogP contribution in [0, 0.1) is 0 Å². The summed E-state index contributed by atoms with van der Waals surface area (Å²) >= 11 is 0. The molecule has 0 radical (unpaired) electrons. The number of hydrogen-bond acceptors (Lipinski definition) is 4. The molecule has 1 aromatic carbocycles. The number of nitrogens with zero attached hydrogens (tertiary/aromatic N) is 4. The number of hydrogen-bond donors (Lipinski definition) is 0. The van der Waals surface area contributed by atoms with Crippen LogP contribution in [0.25, 0.3) is 0 Å². The molecule has 166 valence electrons. The fourth-order valence-corrected chi connectivity index (χ4v) is 3.75. The smallest absolute Gasteiger partial charge is 0.315 e. The molecule has 0 aliphatic carbocycles. The van der Waals surface area contributed by atoms with Crippen LogP contribution < -0.4 is 0 Å². The van der Waals surface area contributed by atoms with E-state index in [4.69, 9.17) is 4.74 Å². The molecule has 6 heteroatoms. The van der Waals surface area contributed by atoms with E-state index in [2.05, 4.69) is 68.0 Å². The topological polar surface area (TPSA) is 61.9 Å². The van der Waals surface area contributed by atoms with E-state index >= 15 is 0 Å². The third kappa shape index (κ3) is 5.63. The van der Waals surface area contributed by atoms with E-state index < -0.39 is 5.92 Å². The zero-order valence-electron chi connectivity index (χ0n) is 19.4. The van der Waals surface area contributed by atoms with Crippen molar-refractivity contribution < 1.29 is 9.53 Å². The number of carbonyl (C=O) groups excluding carboxylic acids is 1. The highest BCUT2D eigenvalue weighted by atomic mass is 16.5. The second-order valence-corrected chi connectivity index (χ2v) is 9.31. The standard InChI is InChI=1S/C25H34N4O2/c1-18(2)28-13-12-22(15-28)19(3)14-25(5,6)29-16-23(26-27-29)20(4)24(30)31-17-21-10-8-7-9-11-21/h7-13,15-16,18-20H,14,17H2,1-6H3/t19?,20-/m0/s1. The molecule has 0 amide bonds. The molecule has 3 aromatic rings. The van der Waals surface area contributed by atoms with Crippen molar-refractivity contribution in [2.75, 3.05) is 0 Å². The molecule has 0 saturated carbocycles. The molecule has 0 saturated heterocycles. The van der Waals surface area contributed by atoms with E-state index in [0.29, 0.717) is 17.7 Å². The van der Waals surface area contributed by atoms with Gasteiger partial charge in [-0.1, -0.05) is 42.5 Å². The molecule has 0 aliphatic heterocycles. The Balaban J connectivity index is 1.62. The van der Waals surface area contributed by atoms with Crippen molar-refractivity contribution >= 4 is 5.97 Å². The highest BCUT2D eigenvalue weighted by Crippen LogP contribution is 2.31. The third-order valence-electron chi connectivity index (χ3n) is 5.86. The largest absolute Gasteiger partial charge is 0.460 e. The van der Waals surface area contributed by atoms with Crippen molar-refractivity contribution in [3.8, 4) is 0 Å². The lowest BCUT2D eigenvalue weighted by Gasteiger charge is -2.28. The molecule has 0 aliphatic rings. The summed E-state index contributed by atoms with van der Waals surface area (Å²) in [7, 11) is 0. The van der Waals surface area contributed by atoms with Gasteiger partial charge in [0.05, 0.1) is 17.2 Å². The number of benzene rings is 1. The summed E-state index contributed by atoms with van der Waals surface area (Å²) in [6.07, 6.45) is 7.15. The minimum atomic E-state index is -0.467. The molecule has 0 spiro atoms. The maximum atomic E-state index is 12.5. The fraction of sp³-hybridized carbons (Fsp3) is 0.480. The van der Waals surface area contributed by atoms with Gasteiger partial charge in [-0.15, -0.1) is 5.10 Å². The first-order valence-corrected chi connectivity index (χ1v) is 11.0. The van der Waals surface area contributed by atoms with Crippen LogP contribution in [-0.4, -0.2) is 25.5 Å². The molecule has 2 aromatic heterocycles. The van der Waals surface area contributed by atoms with Crippen molar-refractivity contribution in [3.05, 3.63) is 71.8 Å². The lowest BCUT2D eigenvalue weighted by Crippen LogP contribution is -2.28. The summed E-state index contributed by atoms with van der Waals surface area (Å²) in [5.74, 6) is -0.390. The third-order valence-corrected chi connectivity index (χ3v) is 5.86. The Labute approximate surface area is 185 Å². The lowest BCUT2D eigenvalue weighted by atomic mass is 9.88. The van der Waals surface area contributed by atoms with Crippen molar-refractivity contribution in [3.63, 3.8) is 0 Å². The lowest BCUT2D eigenvalue weighted by molar-refractivity contribution is -0.146. The summed E-state index contributed by atoms with van der Waals surface area (Å²) in [5.41, 5.74) is 2.68. The van der Waals surface area contributed by atoms with Crippen molar-refractivity contribution in [2.45, 2.75) is 78.0 Å². The van der Waals surface area contributed by atoms with Crippen LogP contribution in [0.1, 0.15) is 82.7 Å². The van der Waals surface area contributed by atoms with Gasteiger partial charge in [-0.2, -0.15) is 0 Å². The average Bonchev–Trinajstić information content (AvgIpc) is 3.42. The van der Waals surface area contributed by atoms with Crippen LogP contribution in [0.4, 0.5) is 0 Å². The van der Waals surface area contributed by atoms with Gasteiger partial charge >= 0.3 is 5.97 Å². The summed E-state index contributed by atoms with van der Waals surface area (Å²) < 4.78 is 9.57. The van der Waals surface area contributed by atoms with Gasteiger partial charge in [0.25, 0.3) is 0 Å². The molecule has 2 atom stereocenters. The second kappa shape index (κ2) is 9.50. The van der Waals surface area contributed by atoms with Crippen LogP contribution in [0.15, 0.2) is 55.0 Å². The zero-order valence-corrected chi connectivity index (χ0v) is 19.4. The quantitative estimate of drug-likeness (QED) is 0.431. The van der Waals surface area contributed by atoms with Gasteiger partial charge in [0, 0.05) is 24.6 Å². The number of carbonyl (C=O) groups is 1. The zero-order chi connectivity index (χ0) is 22.6. The van der Waals surface area contributed by atoms with Gasteiger partial charge in [-0.05, 0) is 64.2 Å². The Morgan fingerprint density at radius 1 is 1.06 bits per heavy atom. The fourth-order valence-electron chi connectivity index (χ4n) is 3.75. The Bertz CT molecular complexity index is 988. The highest BCUT2D eigenvalue weighted by molar-refractivity contribution is 5.76. The normalized spacial score (nSPS) is 13.9. The molecule has 6 nitrogen and oxygen atoms in total. The van der Waals surface area contributed by atoms with Gasteiger partial charge in [-0.3, -0.25) is 4.79 Å².